The van der Waals surface area contributed by atoms with Crippen LogP contribution < -0.4 is 5.32 Å². The fourth-order valence-corrected chi connectivity index (χ4v) is 2.25. The van der Waals surface area contributed by atoms with E-state index in [-0.39, 0.29) is 0 Å². The number of hydrogen-bond acceptors (Lipinski definition) is 2. The number of nitrogens with zero attached hydrogens (tertiary/aromatic N) is 1. The molecule has 2 N–H and O–H groups in total. The predicted octanol–water partition coefficient (Wildman–Crippen LogP) is 1.72. The van der Waals surface area contributed by atoms with Gasteiger partial charge in [0.25, 0.3) is 0 Å². The summed E-state index contributed by atoms with van der Waals surface area (Å²) in [5.41, 5.74) is 2.70. The van der Waals surface area contributed by atoms with Crippen molar-refractivity contribution in [2.24, 2.45) is 0 Å². The molecule has 1 fully saturated rings. The molecule has 2 rings (SSSR count). The van der Waals surface area contributed by atoms with E-state index >= 15 is 0 Å². The summed E-state index contributed by atoms with van der Waals surface area (Å²) < 4.78 is 0. The van der Waals surface area contributed by atoms with Crippen molar-refractivity contribution < 1.29 is 0 Å². The quantitative estimate of drug-likeness (QED) is 0.787. The van der Waals surface area contributed by atoms with Crippen LogP contribution in [0.25, 0.3) is 0 Å². The highest BCUT2D eigenvalue weighted by atomic mass is 15.1. The van der Waals surface area contributed by atoms with Crippen LogP contribution >= 0.6 is 0 Å². The van der Waals surface area contributed by atoms with Crippen LogP contribution in [-0.4, -0.2) is 30.0 Å². The molecule has 1 aromatic heterocycles. The number of nitrogens with one attached hydrogen (secondary N) is 2. The molecule has 1 aromatic rings. The van der Waals surface area contributed by atoms with Crippen molar-refractivity contribution in [2.75, 3.05) is 20.1 Å². The fourth-order valence-electron chi connectivity index (χ4n) is 2.25. The van der Waals surface area contributed by atoms with Crippen LogP contribution in [0.5, 0.6) is 0 Å². The minimum Gasteiger partial charge on any atom is -0.364 e. The molecule has 0 spiro atoms. The molecule has 0 aromatic carbocycles. The lowest BCUT2D eigenvalue weighted by Gasteiger charge is -2.25. The first-order valence-corrected chi connectivity index (χ1v) is 5.91. The number of likely N-dealkylation sites (tertiary alicyclic amines) is 1. The molecule has 2 heterocycles. The number of hydrogen-bond donors (Lipinski definition) is 2. The summed E-state index contributed by atoms with van der Waals surface area (Å²) in [6.07, 6.45) is 6.29. The first kappa shape index (κ1) is 10.7. The smallest absolute Gasteiger partial charge is 0.0354 e. The second kappa shape index (κ2) is 5.33. The van der Waals surface area contributed by atoms with Crippen molar-refractivity contribution >= 4 is 0 Å². The topological polar surface area (TPSA) is 31.1 Å². The van der Waals surface area contributed by atoms with Crippen LogP contribution in [-0.2, 0) is 13.1 Å². The van der Waals surface area contributed by atoms with E-state index in [1.807, 2.05) is 7.05 Å². The van der Waals surface area contributed by atoms with E-state index in [0.29, 0.717) is 0 Å². The molecule has 0 unspecified atom stereocenters. The molecule has 1 aliphatic heterocycles. The van der Waals surface area contributed by atoms with Gasteiger partial charge in [-0.1, -0.05) is 6.42 Å². The van der Waals surface area contributed by atoms with Crippen molar-refractivity contribution in [1.29, 1.82) is 0 Å². The minimum absolute atomic E-state index is 0.931. The number of aromatic amines is 1. The summed E-state index contributed by atoms with van der Waals surface area (Å²) in [5, 5.41) is 3.16. The van der Waals surface area contributed by atoms with Gasteiger partial charge in [-0.2, -0.15) is 0 Å². The molecular formula is C12H21N3. The van der Waals surface area contributed by atoms with Crippen molar-refractivity contribution in [3.63, 3.8) is 0 Å². The fraction of sp³-hybridized carbons (Fsp3) is 0.667. The maximum absolute atomic E-state index is 3.31. The van der Waals surface area contributed by atoms with Gasteiger partial charge in [0, 0.05) is 25.0 Å². The van der Waals surface area contributed by atoms with E-state index in [0.717, 1.165) is 13.1 Å². The van der Waals surface area contributed by atoms with Gasteiger partial charge in [-0.15, -0.1) is 0 Å². The third-order valence-corrected chi connectivity index (χ3v) is 3.02. The molecular weight excluding hydrogens is 186 g/mol. The normalized spacial score (nSPS) is 18.2. The molecule has 1 saturated heterocycles. The van der Waals surface area contributed by atoms with Crippen molar-refractivity contribution in [1.82, 2.24) is 15.2 Å². The van der Waals surface area contributed by atoms with Crippen LogP contribution in [0.4, 0.5) is 0 Å². The lowest BCUT2D eigenvalue weighted by molar-refractivity contribution is 0.221. The van der Waals surface area contributed by atoms with Gasteiger partial charge >= 0.3 is 0 Å². The Morgan fingerprint density at radius 3 is 2.87 bits per heavy atom. The Labute approximate surface area is 91.9 Å². The van der Waals surface area contributed by atoms with E-state index < -0.39 is 0 Å². The van der Waals surface area contributed by atoms with Gasteiger partial charge in [-0.25, -0.2) is 0 Å². The lowest BCUT2D eigenvalue weighted by atomic mass is 10.1. The first-order valence-electron chi connectivity index (χ1n) is 5.91. The van der Waals surface area contributed by atoms with Gasteiger partial charge in [0.05, 0.1) is 0 Å². The van der Waals surface area contributed by atoms with E-state index in [1.54, 1.807) is 0 Å². The summed E-state index contributed by atoms with van der Waals surface area (Å²) in [6, 6.07) is 2.27. The molecule has 3 heteroatoms. The number of aromatic nitrogens is 1. The molecule has 0 atom stereocenters. The molecule has 0 aliphatic carbocycles. The second-order valence-electron chi connectivity index (χ2n) is 4.40. The van der Waals surface area contributed by atoms with E-state index in [1.165, 1.54) is 43.6 Å². The highest BCUT2D eigenvalue weighted by molar-refractivity contribution is 5.16. The first-order chi connectivity index (χ1) is 7.38. The van der Waals surface area contributed by atoms with Crippen molar-refractivity contribution in [3.8, 4) is 0 Å². The van der Waals surface area contributed by atoms with Crippen LogP contribution in [0.2, 0.25) is 0 Å². The molecule has 84 valence electrons. The van der Waals surface area contributed by atoms with Crippen molar-refractivity contribution in [3.05, 3.63) is 23.5 Å². The van der Waals surface area contributed by atoms with Gasteiger partial charge < -0.3 is 10.3 Å². The van der Waals surface area contributed by atoms with Crippen LogP contribution in [0.3, 0.4) is 0 Å². The van der Waals surface area contributed by atoms with Crippen LogP contribution in [0.15, 0.2) is 12.3 Å². The van der Waals surface area contributed by atoms with E-state index in [9.17, 15) is 0 Å². The molecule has 3 nitrogen and oxygen atoms in total. The third-order valence-electron chi connectivity index (χ3n) is 3.02. The number of rotatable bonds is 4. The number of H-pyrrole nitrogens is 1. The molecule has 0 saturated carbocycles. The standard InChI is InChI=1S/C12H21N3/c1-13-9-12-7-11(8-14-12)10-15-5-3-2-4-6-15/h7-8,13-14H,2-6,9-10H2,1H3. The molecule has 0 bridgehead atoms. The van der Waals surface area contributed by atoms with Gasteiger partial charge in [-0.3, -0.25) is 4.90 Å². The zero-order valence-corrected chi connectivity index (χ0v) is 9.55. The maximum atomic E-state index is 3.31. The Kier molecular flexibility index (Phi) is 3.80. The zero-order chi connectivity index (χ0) is 10.5. The maximum Gasteiger partial charge on any atom is 0.0354 e. The molecule has 0 amide bonds. The molecule has 0 radical (unpaired) electrons. The monoisotopic (exact) mass is 207 g/mol. The Balaban J connectivity index is 1.86. The predicted molar refractivity (Wildman–Crippen MR) is 62.7 cm³/mol. The van der Waals surface area contributed by atoms with Crippen LogP contribution in [0.1, 0.15) is 30.5 Å². The Morgan fingerprint density at radius 2 is 2.13 bits per heavy atom. The second-order valence-corrected chi connectivity index (χ2v) is 4.40. The Bertz CT molecular complexity index is 287. The van der Waals surface area contributed by atoms with E-state index in [2.05, 4.69) is 27.5 Å². The zero-order valence-electron chi connectivity index (χ0n) is 9.55. The van der Waals surface area contributed by atoms with Gasteiger partial charge in [0.1, 0.15) is 0 Å². The lowest BCUT2D eigenvalue weighted by Crippen LogP contribution is -2.28. The summed E-state index contributed by atoms with van der Waals surface area (Å²) >= 11 is 0. The number of piperidine rings is 1. The van der Waals surface area contributed by atoms with E-state index in [4.69, 9.17) is 0 Å². The van der Waals surface area contributed by atoms with Gasteiger partial charge in [0.15, 0.2) is 0 Å². The summed E-state index contributed by atoms with van der Waals surface area (Å²) in [7, 11) is 1.98. The third kappa shape index (κ3) is 3.08. The Hall–Kier alpha value is -0.800. The minimum atomic E-state index is 0.931. The summed E-state index contributed by atoms with van der Waals surface area (Å²) in [6.45, 7) is 4.58. The summed E-state index contributed by atoms with van der Waals surface area (Å²) in [5.74, 6) is 0. The molecule has 1 aliphatic rings. The summed E-state index contributed by atoms with van der Waals surface area (Å²) in [4.78, 5) is 5.86. The average molecular weight is 207 g/mol. The average Bonchev–Trinajstić information content (AvgIpc) is 2.68. The van der Waals surface area contributed by atoms with Gasteiger partial charge in [0.2, 0.25) is 0 Å². The molecule has 15 heavy (non-hydrogen) atoms. The largest absolute Gasteiger partial charge is 0.364 e. The SMILES string of the molecule is CNCc1cc(CN2CCCCC2)c[nH]1. The highest BCUT2D eigenvalue weighted by Gasteiger charge is 2.10. The van der Waals surface area contributed by atoms with Crippen LogP contribution in [0, 0.1) is 0 Å². The highest BCUT2D eigenvalue weighted by Crippen LogP contribution is 2.13. The van der Waals surface area contributed by atoms with Crippen molar-refractivity contribution in [2.45, 2.75) is 32.4 Å². The Morgan fingerprint density at radius 1 is 1.33 bits per heavy atom. The van der Waals surface area contributed by atoms with Gasteiger partial charge in [-0.05, 0) is 44.6 Å².